The first-order valence-electron chi connectivity index (χ1n) is 4.73. The Hall–Kier alpha value is -0.220. The van der Waals surface area contributed by atoms with Crippen molar-refractivity contribution in [1.82, 2.24) is 9.80 Å². The van der Waals surface area contributed by atoms with Gasteiger partial charge in [0, 0.05) is 20.1 Å². The third-order valence-corrected chi connectivity index (χ3v) is 4.83. The van der Waals surface area contributed by atoms with E-state index in [0.29, 0.717) is 11.7 Å². The Labute approximate surface area is 83.5 Å². The van der Waals surface area contributed by atoms with Crippen molar-refractivity contribution in [2.24, 2.45) is 0 Å². The van der Waals surface area contributed by atoms with Crippen LogP contribution in [0, 0.1) is 0 Å². The topological polar surface area (TPSA) is 23.6 Å². The largest absolute Gasteiger partial charge is 0.330 e. The Kier molecular flexibility index (Phi) is 2.28. The number of likely N-dealkylation sites (tertiary alicyclic amines) is 1. The molecular weight excluding hydrogens is 184 g/mol. The maximum absolute atomic E-state index is 11.4. The van der Waals surface area contributed by atoms with Crippen LogP contribution >= 0.6 is 11.8 Å². The molecule has 1 spiro atoms. The maximum Gasteiger partial charge on any atom is 0.233 e. The molecule has 74 valence electrons. The van der Waals surface area contributed by atoms with E-state index in [9.17, 15) is 4.79 Å². The number of piperidine rings is 1. The lowest BCUT2D eigenvalue weighted by Crippen LogP contribution is -2.49. The van der Waals surface area contributed by atoms with Crippen LogP contribution in [0.25, 0.3) is 0 Å². The van der Waals surface area contributed by atoms with Gasteiger partial charge in [-0.1, -0.05) is 0 Å². The average molecular weight is 200 g/mol. The monoisotopic (exact) mass is 200 g/mol. The quantitative estimate of drug-likeness (QED) is 0.572. The van der Waals surface area contributed by atoms with Gasteiger partial charge in [0.15, 0.2) is 0 Å². The van der Waals surface area contributed by atoms with Crippen LogP contribution in [-0.4, -0.2) is 53.5 Å². The molecule has 1 amide bonds. The molecular formula is C9H16N2OS. The summed E-state index contributed by atoms with van der Waals surface area (Å²) >= 11 is 1.83. The molecule has 2 aliphatic heterocycles. The highest BCUT2D eigenvalue weighted by Crippen LogP contribution is 2.42. The fraction of sp³-hybridized carbons (Fsp3) is 0.889. The minimum Gasteiger partial charge on any atom is -0.330 e. The molecule has 0 unspecified atom stereocenters. The molecule has 2 aliphatic rings. The minimum absolute atomic E-state index is 0.142. The molecule has 2 rings (SSSR count). The van der Waals surface area contributed by atoms with Crippen molar-refractivity contribution < 1.29 is 4.79 Å². The van der Waals surface area contributed by atoms with Crippen LogP contribution in [0.5, 0.6) is 0 Å². The first-order chi connectivity index (χ1) is 6.14. The number of carbonyl (C=O) groups is 1. The predicted octanol–water partition coefficient (Wildman–Crippen LogP) is 0.613. The van der Waals surface area contributed by atoms with Crippen LogP contribution in [-0.2, 0) is 4.79 Å². The number of hydrogen-bond donors (Lipinski definition) is 0. The Bertz CT molecular complexity index is 224. The van der Waals surface area contributed by atoms with Gasteiger partial charge in [-0.3, -0.25) is 4.79 Å². The van der Waals surface area contributed by atoms with Gasteiger partial charge in [0.05, 0.1) is 10.6 Å². The number of rotatable bonds is 0. The number of amides is 1. The third kappa shape index (κ3) is 1.46. The second-order valence-corrected chi connectivity index (χ2v) is 5.33. The molecule has 0 N–H and O–H groups in total. The van der Waals surface area contributed by atoms with Crippen LogP contribution in [0.4, 0.5) is 0 Å². The summed E-state index contributed by atoms with van der Waals surface area (Å²) in [5, 5.41) is 0. The van der Waals surface area contributed by atoms with E-state index in [1.165, 1.54) is 0 Å². The SMILES string of the molecule is CN1CCC2(CC1)SCC(=O)N2C. The van der Waals surface area contributed by atoms with Crippen LogP contribution in [0.2, 0.25) is 0 Å². The highest BCUT2D eigenvalue weighted by Gasteiger charge is 2.45. The molecule has 2 heterocycles. The summed E-state index contributed by atoms with van der Waals surface area (Å²) in [6, 6.07) is 0. The summed E-state index contributed by atoms with van der Waals surface area (Å²) in [6.07, 6.45) is 2.24. The molecule has 0 bridgehead atoms. The zero-order chi connectivity index (χ0) is 9.47. The van der Waals surface area contributed by atoms with Crippen molar-refractivity contribution in [1.29, 1.82) is 0 Å². The molecule has 0 aromatic heterocycles. The lowest BCUT2D eigenvalue weighted by Gasteiger charge is -2.41. The van der Waals surface area contributed by atoms with Crippen molar-refractivity contribution in [3.8, 4) is 0 Å². The van der Waals surface area contributed by atoms with Gasteiger partial charge in [0.1, 0.15) is 0 Å². The smallest absolute Gasteiger partial charge is 0.233 e. The van der Waals surface area contributed by atoms with Crippen molar-refractivity contribution in [2.45, 2.75) is 17.7 Å². The molecule has 0 radical (unpaired) electrons. The molecule has 4 heteroatoms. The standard InChI is InChI=1S/C9H16N2OS/c1-10-5-3-9(4-6-10)11(2)8(12)7-13-9/h3-7H2,1-2H3. The van der Waals surface area contributed by atoms with Crippen LogP contribution in [0.3, 0.4) is 0 Å². The van der Waals surface area contributed by atoms with Crippen molar-refractivity contribution in [2.75, 3.05) is 32.9 Å². The number of thioether (sulfide) groups is 1. The van der Waals surface area contributed by atoms with E-state index < -0.39 is 0 Å². The lowest BCUT2D eigenvalue weighted by atomic mass is 10.0. The van der Waals surface area contributed by atoms with Gasteiger partial charge >= 0.3 is 0 Å². The Morgan fingerprint density at radius 3 is 2.38 bits per heavy atom. The summed E-state index contributed by atoms with van der Waals surface area (Å²) in [7, 11) is 4.10. The van der Waals surface area contributed by atoms with Gasteiger partial charge in [-0.2, -0.15) is 0 Å². The number of carbonyl (C=O) groups excluding carboxylic acids is 1. The summed E-state index contributed by atoms with van der Waals surface area (Å²) in [4.78, 5) is 15.9. The van der Waals surface area contributed by atoms with Crippen molar-refractivity contribution in [3.05, 3.63) is 0 Å². The first kappa shape index (κ1) is 9.34. The van der Waals surface area contributed by atoms with Gasteiger partial charge < -0.3 is 9.80 Å². The van der Waals surface area contributed by atoms with E-state index in [2.05, 4.69) is 11.9 Å². The summed E-state index contributed by atoms with van der Waals surface area (Å²) in [6.45, 7) is 2.23. The molecule has 2 saturated heterocycles. The summed E-state index contributed by atoms with van der Waals surface area (Å²) < 4.78 is 0. The van der Waals surface area contributed by atoms with E-state index in [1.807, 2.05) is 23.7 Å². The van der Waals surface area contributed by atoms with E-state index in [1.54, 1.807) is 0 Å². The molecule has 3 nitrogen and oxygen atoms in total. The van der Waals surface area contributed by atoms with Gasteiger partial charge in [-0.15, -0.1) is 11.8 Å². The zero-order valence-electron chi connectivity index (χ0n) is 8.25. The van der Waals surface area contributed by atoms with Crippen LogP contribution in [0.15, 0.2) is 0 Å². The fourth-order valence-electron chi connectivity index (χ4n) is 2.06. The maximum atomic E-state index is 11.4. The van der Waals surface area contributed by atoms with E-state index in [-0.39, 0.29) is 4.87 Å². The van der Waals surface area contributed by atoms with Gasteiger partial charge in [-0.05, 0) is 19.9 Å². The molecule has 0 atom stereocenters. The average Bonchev–Trinajstić information content (AvgIpc) is 2.40. The molecule has 2 fully saturated rings. The van der Waals surface area contributed by atoms with Gasteiger partial charge in [-0.25, -0.2) is 0 Å². The van der Waals surface area contributed by atoms with Crippen molar-refractivity contribution in [3.63, 3.8) is 0 Å². The Morgan fingerprint density at radius 1 is 1.31 bits per heavy atom. The highest BCUT2D eigenvalue weighted by atomic mass is 32.2. The lowest BCUT2D eigenvalue weighted by molar-refractivity contribution is -0.129. The van der Waals surface area contributed by atoms with E-state index in [4.69, 9.17) is 0 Å². The Morgan fingerprint density at radius 2 is 1.92 bits per heavy atom. The molecule has 13 heavy (non-hydrogen) atoms. The minimum atomic E-state index is 0.142. The molecule has 0 saturated carbocycles. The zero-order valence-corrected chi connectivity index (χ0v) is 9.06. The molecule has 0 aromatic rings. The molecule has 0 aliphatic carbocycles. The first-order valence-corrected chi connectivity index (χ1v) is 5.72. The highest BCUT2D eigenvalue weighted by molar-refractivity contribution is 8.01. The third-order valence-electron chi connectivity index (χ3n) is 3.22. The second-order valence-electron chi connectivity index (χ2n) is 3.99. The number of hydrogen-bond acceptors (Lipinski definition) is 3. The van der Waals surface area contributed by atoms with E-state index in [0.717, 1.165) is 25.9 Å². The number of nitrogens with zero attached hydrogens (tertiary/aromatic N) is 2. The molecule has 0 aromatic carbocycles. The fourth-order valence-corrected chi connectivity index (χ4v) is 3.42. The van der Waals surface area contributed by atoms with Crippen LogP contribution < -0.4 is 0 Å². The van der Waals surface area contributed by atoms with Gasteiger partial charge in [0.25, 0.3) is 0 Å². The normalized spacial score (nSPS) is 28.8. The summed E-state index contributed by atoms with van der Waals surface area (Å²) in [5.41, 5.74) is 0. The Balaban J connectivity index is 2.09. The second kappa shape index (κ2) is 3.17. The summed E-state index contributed by atoms with van der Waals surface area (Å²) in [5.74, 6) is 0.981. The van der Waals surface area contributed by atoms with Crippen LogP contribution in [0.1, 0.15) is 12.8 Å². The predicted molar refractivity (Wildman–Crippen MR) is 54.7 cm³/mol. The van der Waals surface area contributed by atoms with E-state index >= 15 is 0 Å². The van der Waals surface area contributed by atoms with Crippen molar-refractivity contribution >= 4 is 17.7 Å². The van der Waals surface area contributed by atoms with Gasteiger partial charge in [0.2, 0.25) is 5.91 Å².